The Morgan fingerprint density at radius 1 is 1.09 bits per heavy atom. The van der Waals surface area contributed by atoms with E-state index in [2.05, 4.69) is 37.4 Å². The number of allylic oxidation sites excluding steroid dienone is 2. The molecular formula is C17H26O4S2. The highest BCUT2D eigenvalue weighted by molar-refractivity contribution is 7.82. The van der Waals surface area contributed by atoms with Crippen LogP contribution >= 0.6 is 25.3 Å². The van der Waals surface area contributed by atoms with Crippen LogP contribution in [0, 0.1) is 17.3 Å². The van der Waals surface area contributed by atoms with E-state index in [4.69, 9.17) is 9.47 Å². The number of carbonyl (C=O) groups excluding carboxylic acids is 2. The lowest BCUT2D eigenvalue weighted by atomic mass is 9.77. The Balaban J connectivity index is 1.99. The van der Waals surface area contributed by atoms with E-state index >= 15 is 0 Å². The Bertz CT molecular complexity index is 451. The number of carbonyl (C=O) groups is 2. The fourth-order valence-electron chi connectivity index (χ4n) is 3.38. The lowest BCUT2D eigenvalue weighted by molar-refractivity contribution is -0.155. The molecule has 0 aromatic carbocycles. The van der Waals surface area contributed by atoms with Crippen molar-refractivity contribution in [2.45, 2.75) is 50.0 Å². The van der Waals surface area contributed by atoms with Crippen LogP contribution in [0.1, 0.15) is 39.5 Å². The van der Waals surface area contributed by atoms with Crippen molar-refractivity contribution in [3.63, 3.8) is 0 Å². The topological polar surface area (TPSA) is 52.6 Å². The van der Waals surface area contributed by atoms with Gasteiger partial charge in [0.1, 0.15) is 13.2 Å². The standard InChI is InChI=1S/C17H26O4S2/c1-3-13(22)15(18)20-9-17(8-11-5-6-12(17)7-11)10-21-16(19)14(23)4-2/h5-6,11-14,22-23H,3-4,7-10H2,1-2H3. The van der Waals surface area contributed by atoms with E-state index in [0.29, 0.717) is 24.7 Å². The number of thiol groups is 2. The van der Waals surface area contributed by atoms with Gasteiger partial charge in [-0.15, -0.1) is 0 Å². The van der Waals surface area contributed by atoms with Crippen molar-refractivity contribution in [3.05, 3.63) is 12.2 Å². The molecular weight excluding hydrogens is 332 g/mol. The van der Waals surface area contributed by atoms with Crippen LogP contribution in [-0.2, 0) is 19.1 Å². The monoisotopic (exact) mass is 358 g/mol. The highest BCUT2D eigenvalue weighted by Gasteiger charge is 2.50. The van der Waals surface area contributed by atoms with Gasteiger partial charge in [0.25, 0.3) is 0 Å². The predicted molar refractivity (Wildman–Crippen MR) is 95.8 cm³/mol. The van der Waals surface area contributed by atoms with Gasteiger partial charge in [0.15, 0.2) is 0 Å². The molecule has 0 N–H and O–H groups in total. The summed E-state index contributed by atoms with van der Waals surface area (Å²) >= 11 is 8.45. The zero-order chi connectivity index (χ0) is 17.0. The van der Waals surface area contributed by atoms with Crippen LogP contribution in [0.4, 0.5) is 0 Å². The van der Waals surface area contributed by atoms with Gasteiger partial charge in [0.05, 0.1) is 10.5 Å². The molecule has 0 heterocycles. The van der Waals surface area contributed by atoms with Crippen molar-refractivity contribution < 1.29 is 19.1 Å². The van der Waals surface area contributed by atoms with Crippen molar-refractivity contribution in [1.29, 1.82) is 0 Å². The molecule has 4 unspecified atom stereocenters. The number of esters is 2. The van der Waals surface area contributed by atoms with Crippen LogP contribution in [0.25, 0.3) is 0 Å². The van der Waals surface area contributed by atoms with Gasteiger partial charge in [-0.3, -0.25) is 9.59 Å². The lowest BCUT2D eigenvalue weighted by Crippen LogP contribution is -2.39. The molecule has 0 aromatic heterocycles. The molecule has 4 atom stereocenters. The summed E-state index contributed by atoms with van der Waals surface area (Å²) in [5.41, 5.74) is -0.298. The highest BCUT2D eigenvalue weighted by atomic mass is 32.1. The summed E-state index contributed by atoms with van der Waals surface area (Å²) in [7, 11) is 0. The molecule has 130 valence electrons. The highest BCUT2D eigenvalue weighted by Crippen LogP contribution is 2.52. The number of hydrogen-bond acceptors (Lipinski definition) is 6. The minimum Gasteiger partial charge on any atom is -0.464 e. The minimum absolute atomic E-state index is 0.283. The van der Waals surface area contributed by atoms with Crippen LogP contribution in [0.15, 0.2) is 12.2 Å². The normalized spacial score (nSPS) is 31.0. The molecule has 1 fully saturated rings. The number of hydrogen-bond donors (Lipinski definition) is 2. The Morgan fingerprint density at radius 2 is 1.61 bits per heavy atom. The maximum atomic E-state index is 11.9. The summed E-state index contributed by atoms with van der Waals surface area (Å²) in [6.07, 6.45) is 7.59. The minimum atomic E-state index is -0.398. The van der Waals surface area contributed by atoms with E-state index in [9.17, 15) is 9.59 Å². The van der Waals surface area contributed by atoms with Gasteiger partial charge >= 0.3 is 11.9 Å². The van der Waals surface area contributed by atoms with Crippen LogP contribution < -0.4 is 0 Å². The van der Waals surface area contributed by atoms with E-state index in [1.807, 2.05) is 13.8 Å². The second-order valence-electron chi connectivity index (χ2n) is 6.62. The van der Waals surface area contributed by atoms with Crippen LogP contribution in [-0.4, -0.2) is 35.7 Å². The zero-order valence-electron chi connectivity index (χ0n) is 13.7. The number of ether oxygens (including phenoxy) is 2. The molecule has 2 bridgehead atoms. The quantitative estimate of drug-likeness (QED) is 0.398. The molecule has 0 radical (unpaired) electrons. The Kier molecular flexibility index (Phi) is 6.48. The van der Waals surface area contributed by atoms with Gasteiger partial charge in [-0.25, -0.2) is 0 Å². The summed E-state index contributed by atoms with van der Waals surface area (Å²) in [4.78, 5) is 23.9. The Labute approximate surface area is 149 Å². The lowest BCUT2D eigenvalue weighted by Gasteiger charge is -2.34. The first-order valence-corrected chi connectivity index (χ1v) is 9.33. The Morgan fingerprint density at radius 3 is 1.96 bits per heavy atom. The van der Waals surface area contributed by atoms with E-state index in [-0.39, 0.29) is 30.6 Å². The van der Waals surface area contributed by atoms with Crippen molar-refractivity contribution in [2.75, 3.05) is 13.2 Å². The molecule has 1 saturated carbocycles. The first-order valence-electron chi connectivity index (χ1n) is 8.29. The van der Waals surface area contributed by atoms with Crippen LogP contribution in [0.5, 0.6) is 0 Å². The molecule has 4 nitrogen and oxygen atoms in total. The van der Waals surface area contributed by atoms with Crippen molar-refractivity contribution >= 4 is 37.2 Å². The smallest absolute Gasteiger partial charge is 0.318 e. The van der Waals surface area contributed by atoms with Crippen molar-refractivity contribution in [2.24, 2.45) is 17.3 Å². The maximum Gasteiger partial charge on any atom is 0.318 e. The van der Waals surface area contributed by atoms with E-state index in [1.165, 1.54) is 0 Å². The van der Waals surface area contributed by atoms with Gasteiger partial charge in [-0.1, -0.05) is 26.0 Å². The fraction of sp³-hybridized carbons (Fsp3) is 0.765. The molecule has 0 spiro atoms. The van der Waals surface area contributed by atoms with Gasteiger partial charge < -0.3 is 9.47 Å². The third-order valence-electron chi connectivity index (χ3n) is 4.95. The first kappa shape index (κ1) is 18.7. The summed E-state index contributed by atoms with van der Waals surface area (Å²) in [6.45, 7) is 4.36. The third kappa shape index (κ3) is 4.27. The van der Waals surface area contributed by atoms with Crippen LogP contribution in [0.3, 0.4) is 0 Å². The molecule has 0 aliphatic heterocycles. The summed E-state index contributed by atoms with van der Waals surface area (Å²) in [5, 5.41) is -0.795. The molecule has 2 rings (SSSR count). The Hall–Kier alpha value is -0.620. The third-order valence-corrected chi connectivity index (χ3v) is 6.10. The van der Waals surface area contributed by atoms with Crippen molar-refractivity contribution in [1.82, 2.24) is 0 Å². The number of rotatable bonds is 8. The number of fused-ring (bicyclic) bond motifs is 2. The van der Waals surface area contributed by atoms with Gasteiger partial charge in [-0.05, 0) is 37.5 Å². The average Bonchev–Trinajstić information content (AvgIpc) is 3.17. The molecule has 2 aliphatic rings. The SMILES string of the molecule is CCC(S)C(=O)OCC1(COC(=O)C(S)CC)CC2C=CC1C2. The predicted octanol–water partition coefficient (Wildman–Crippen LogP) is 3.07. The van der Waals surface area contributed by atoms with E-state index in [0.717, 1.165) is 12.8 Å². The summed E-state index contributed by atoms with van der Waals surface area (Å²) in [6, 6.07) is 0. The van der Waals surface area contributed by atoms with Crippen LogP contribution in [0.2, 0.25) is 0 Å². The second-order valence-corrected chi connectivity index (χ2v) is 7.86. The fourth-order valence-corrected chi connectivity index (χ4v) is 3.53. The maximum absolute atomic E-state index is 11.9. The van der Waals surface area contributed by atoms with E-state index in [1.54, 1.807) is 0 Å². The molecule has 6 heteroatoms. The summed E-state index contributed by atoms with van der Waals surface area (Å²) in [5.74, 6) is 0.198. The largest absolute Gasteiger partial charge is 0.464 e. The molecule has 2 aliphatic carbocycles. The first-order chi connectivity index (χ1) is 10.9. The van der Waals surface area contributed by atoms with E-state index < -0.39 is 10.5 Å². The summed E-state index contributed by atoms with van der Waals surface area (Å²) < 4.78 is 11.0. The molecule has 0 amide bonds. The molecule has 23 heavy (non-hydrogen) atoms. The molecule has 0 aromatic rings. The molecule has 0 saturated heterocycles. The zero-order valence-corrected chi connectivity index (χ0v) is 15.5. The van der Waals surface area contributed by atoms with Gasteiger partial charge in [-0.2, -0.15) is 25.3 Å². The second kappa shape index (κ2) is 7.97. The van der Waals surface area contributed by atoms with Gasteiger partial charge in [0, 0.05) is 5.41 Å². The van der Waals surface area contributed by atoms with Crippen molar-refractivity contribution in [3.8, 4) is 0 Å². The average molecular weight is 359 g/mol. The van der Waals surface area contributed by atoms with Gasteiger partial charge in [0.2, 0.25) is 0 Å².